The molecular weight excluding hydrogens is 279 g/mol. The van der Waals surface area contributed by atoms with Crippen LogP contribution in [-0.2, 0) is 0 Å². The van der Waals surface area contributed by atoms with E-state index in [4.69, 9.17) is 23.2 Å². The quantitative estimate of drug-likeness (QED) is 0.888. The van der Waals surface area contributed by atoms with Crippen LogP contribution < -0.4 is 5.32 Å². The monoisotopic (exact) mass is 300 g/mol. The molecule has 4 heteroatoms. The Morgan fingerprint density at radius 2 is 2.00 bits per heavy atom. The number of halogens is 2. The van der Waals surface area contributed by atoms with Gasteiger partial charge in [-0.1, -0.05) is 50.0 Å². The highest BCUT2D eigenvalue weighted by molar-refractivity contribution is 6.42. The van der Waals surface area contributed by atoms with Gasteiger partial charge in [0, 0.05) is 32.2 Å². The Morgan fingerprint density at radius 1 is 1.26 bits per heavy atom. The van der Waals surface area contributed by atoms with E-state index < -0.39 is 0 Å². The summed E-state index contributed by atoms with van der Waals surface area (Å²) in [7, 11) is 0. The average molecular weight is 301 g/mol. The number of nitrogens with one attached hydrogen (secondary N) is 1. The van der Waals surface area contributed by atoms with Crippen LogP contribution in [0.1, 0.15) is 32.4 Å². The summed E-state index contributed by atoms with van der Waals surface area (Å²) < 4.78 is 0. The third kappa shape index (κ3) is 4.35. The zero-order chi connectivity index (χ0) is 14.0. The van der Waals surface area contributed by atoms with E-state index in [1.807, 2.05) is 12.1 Å². The summed E-state index contributed by atoms with van der Waals surface area (Å²) in [5, 5.41) is 4.81. The number of hydrogen-bond acceptors (Lipinski definition) is 2. The molecule has 0 bridgehead atoms. The fraction of sp³-hybridized carbons (Fsp3) is 0.600. The van der Waals surface area contributed by atoms with Gasteiger partial charge in [-0.25, -0.2) is 0 Å². The molecule has 2 rings (SSSR count). The van der Waals surface area contributed by atoms with E-state index in [1.54, 1.807) is 0 Å². The van der Waals surface area contributed by atoms with Gasteiger partial charge in [-0.05, 0) is 23.1 Å². The van der Waals surface area contributed by atoms with Crippen LogP contribution in [0.4, 0.5) is 0 Å². The van der Waals surface area contributed by atoms with Crippen LogP contribution in [0.5, 0.6) is 0 Å². The smallest absolute Gasteiger partial charge is 0.0595 e. The lowest BCUT2D eigenvalue weighted by molar-refractivity contribution is 0.147. The molecule has 2 nitrogen and oxygen atoms in total. The molecule has 1 aliphatic heterocycles. The van der Waals surface area contributed by atoms with Crippen molar-refractivity contribution in [2.75, 3.05) is 26.2 Å². The second kappa shape index (κ2) is 6.01. The van der Waals surface area contributed by atoms with Crippen LogP contribution in [0.15, 0.2) is 18.2 Å². The van der Waals surface area contributed by atoms with Gasteiger partial charge in [0.1, 0.15) is 0 Å². The molecule has 19 heavy (non-hydrogen) atoms. The summed E-state index contributed by atoms with van der Waals surface area (Å²) in [6.07, 6.45) is 0. The van der Waals surface area contributed by atoms with Crippen LogP contribution in [0.25, 0.3) is 0 Å². The van der Waals surface area contributed by atoms with Crippen molar-refractivity contribution in [1.29, 1.82) is 0 Å². The van der Waals surface area contributed by atoms with Gasteiger partial charge >= 0.3 is 0 Å². The molecule has 0 saturated carbocycles. The van der Waals surface area contributed by atoms with Crippen LogP contribution in [0.2, 0.25) is 10.0 Å². The summed E-state index contributed by atoms with van der Waals surface area (Å²) in [6, 6.07) is 6.25. The van der Waals surface area contributed by atoms with Crippen molar-refractivity contribution in [2.45, 2.75) is 26.8 Å². The van der Waals surface area contributed by atoms with Crippen LogP contribution >= 0.6 is 23.2 Å². The van der Waals surface area contributed by atoms with Gasteiger partial charge in [0.25, 0.3) is 0 Å². The minimum atomic E-state index is 0.333. The maximum absolute atomic E-state index is 6.10. The van der Waals surface area contributed by atoms with E-state index in [9.17, 15) is 0 Å². The summed E-state index contributed by atoms with van der Waals surface area (Å²) in [4.78, 5) is 2.52. The number of piperazine rings is 1. The summed E-state index contributed by atoms with van der Waals surface area (Å²) in [5.41, 5.74) is 1.55. The first-order valence-corrected chi connectivity index (χ1v) is 7.51. The Balaban J connectivity index is 2.06. The molecule has 1 atom stereocenters. The van der Waals surface area contributed by atoms with E-state index in [0.29, 0.717) is 21.5 Å². The molecule has 1 aromatic carbocycles. The lowest BCUT2D eigenvalue weighted by atomic mass is 9.94. The van der Waals surface area contributed by atoms with Gasteiger partial charge in [0.05, 0.1) is 10.0 Å². The van der Waals surface area contributed by atoms with Crippen molar-refractivity contribution < 1.29 is 0 Å². The molecule has 1 N–H and O–H groups in total. The Hall–Kier alpha value is -0.280. The predicted octanol–water partition coefficient (Wildman–Crippen LogP) is 3.99. The van der Waals surface area contributed by atoms with Crippen LogP contribution in [0, 0.1) is 5.41 Å². The first kappa shape index (κ1) is 15.1. The van der Waals surface area contributed by atoms with E-state index in [-0.39, 0.29) is 0 Å². The molecule has 1 aromatic rings. The summed E-state index contributed by atoms with van der Waals surface area (Å²) in [6.45, 7) is 11.1. The van der Waals surface area contributed by atoms with Crippen LogP contribution in [-0.4, -0.2) is 31.1 Å². The number of rotatable bonds is 2. The Morgan fingerprint density at radius 3 is 2.63 bits per heavy atom. The summed E-state index contributed by atoms with van der Waals surface area (Å²) in [5.74, 6) is 0. The van der Waals surface area contributed by atoms with Crippen molar-refractivity contribution in [1.82, 2.24) is 10.2 Å². The maximum Gasteiger partial charge on any atom is 0.0595 e. The minimum Gasteiger partial charge on any atom is -0.308 e. The normalized spacial score (nSPS) is 21.6. The molecule has 1 heterocycles. The van der Waals surface area contributed by atoms with E-state index >= 15 is 0 Å². The molecule has 1 aliphatic rings. The van der Waals surface area contributed by atoms with Gasteiger partial charge < -0.3 is 5.32 Å². The highest BCUT2D eigenvalue weighted by Crippen LogP contribution is 2.27. The summed E-state index contributed by atoms with van der Waals surface area (Å²) >= 11 is 12.1. The van der Waals surface area contributed by atoms with Crippen molar-refractivity contribution in [3.8, 4) is 0 Å². The second-order valence-electron chi connectivity index (χ2n) is 6.48. The molecule has 1 saturated heterocycles. The number of benzene rings is 1. The molecule has 0 aromatic heterocycles. The fourth-order valence-corrected chi connectivity index (χ4v) is 2.88. The van der Waals surface area contributed by atoms with E-state index in [1.165, 1.54) is 5.56 Å². The van der Waals surface area contributed by atoms with Gasteiger partial charge in [0.2, 0.25) is 0 Å². The number of hydrogen-bond donors (Lipinski definition) is 1. The lowest BCUT2D eigenvalue weighted by Gasteiger charge is -2.37. The molecule has 0 amide bonds. The first-order valence-electron chi connectivity index (χ1n) is 6.76. The van der Waals surface area contributed by atoms with Gasteiger partial charge in [0.15, 0.2) is 0 Å². The van der Waals surface area contributed by atoms with Gasteiger partial charge in [-0.3, -0.25) is 4.90 Å². The molecule has 0 aliphatic carbocycles. The van der Waals surface area contributed by atoms with Gasteiger partial charge in [-0.2, -0.15) is 0 Å². The Labute approximate surface area is 126 Å². The first-order chi connectivity index (χ1) is 8.85. The third-order valence-corrected chi connectivity index (χ3v) is 4.04. The molecule has 1 unspecified atom stereocenters. The molecule has 0 spiro atoms. The molecule has 0 radical (unpaired) electrons. The topological polar surface area (TPSA) is 15.3 Å². The van der Waals surface area contributed by atoms with Crippen molar-refractivity contribution in [2.24, 2.45) is 5.41 Å². The van der Waals surface area contributed by atoms with Crippen molar-refractivity contribution >= 4 is 23.2 Å². The molecule has 1 fully saturated rings. The van der Waals surface area contributed by atoms with Crippen molar-refractivity contribution in [3.05, 3.63) is 33.8 Å². The van der Waals surface area contributed by atoms with E-state index in [0.717, 1.165) is 26.2 Å². The second-order valence-corrected chi connectivity index (χ2v) is 7.29. The Kier molecular flexibility index (Phi) is 4.78. The lowest BCUT2D eigenvalue weighted by Crippen LogP contribution is -2.48. The van der Waals surface area contributed by atoms with Crippen molar-refractivity contribution in [3.63, 3.8) is 0 Å². The van der Waals surface area contributed by atoms with Crippen LogP contribution in [0.3, 0.4) is 0 Å². The molecule has 106 valence electrons. The SMILES string of the molecule is CC(C)(C)CN1CCNC(c2ccc(Cl)c(Cl)c2)C1. The zero-order valence-corrected chi connectivity index (χ0v) is 13.4. The standard InChI is InChI=1S/C15H22Cl2N2/c1-15(2,3)10-19-7-6-18-14(9-19)11-4-5-12(16)13(17)8-11/h4-5,8,14,18H,6-7,9-10H2,1-3H3. The predicted molar refractivity (Wildman–Crippen MR) is 83.1 cm³/mol. The van der Waals surface area contributed by atoms with Gasteiger partial charge in [-0.15, -0.1) is 0 Å². The Bertz CT molecular complexity index is 440. The number of nitrogens with zero attached hydrogens (tertiary/aromatic N) is 1. The zero-order valence-electron chi connectivity index (χ0n) is 11.8. The third-order valence-electron chi connectivity index (χ3n) is 3.30. The average Bonchev–Trinajstić information content (AvgIpc) is 2.31. The minimum absolute atomic E-state index is 0.333. The highest BCUT2D eigenvalue weighted by atomic mass is 35.5. The highest BCUT2D eigenvalue weighted by Gasteiger charge is 2.24. The molecular formula is C15H22Cl2N2. The largest absolute Gasteiger partial charge is 0.308 e. The van der Waals surface area contributed by atoms with E-state index in [2.05, 4.69) is 37.1 Å². The maximum atomic E-state index is 6.10. The fourth-order valence-electron chi connectivity index (χ4n) is 2.58.